The van der Waals surface area contributed by atoms with E-state index < -0.39 is 11.7 Å². The molecule has 1 rings (SSSR count). The Balaban J connectivity index is 2.54. The molecule has 4 N–H and O–H groups in total. The molecule has 0 aromatic heterocycles. The summed E-state index contributed by atoms with van der Waals surface area (Å²) < 4.78 is 12.9. The van der Waals surface area contributed by atoms with Crippen LogP contribution in [-0.2, 0) is 4.79 Å². The van der Waals surface area contributed by atoms with Gasteiger partial charge < -0.3 is 5.73 Å². The average molecular weight is 183 g/mol. The van der Waals surface area contributed by atoms with Crippen molar-refractivity contribution >= 4 is 11.6 Å². The van der Waals surface area contributed by atoms with Crippen LogP contribution < -0.4 is 16.6 Å². The van der Waals surface area contributed by atoms with Crippen LogP contribution in [0.3, 0.4) is 0 Å². The van der Waals surface area contributed by atoms with Crippen molar-refractivity contribution in [2.24, 2.45) is 5.73 Å². The lowest BCUT2D eigenvalue weighted by Gasteiger charge is -2.07. The van der Waals surface area contributed by atoms with E-state index in [2.05, 4.69) is 10.9 Å². The first-order chi connectivity index (χ1) is 6.24. The monoisotopic (exact) mass is 183 g/mol. The predicted molar refractivity (Wildman–Crippen MR) is 47.2 cm³/mol. The van der Waals surface area contributed by atoms with E-state index in [1.165, 1.54) is 12.1 Å². The fourth-order valence-electron chi connectivity index (χ4n) is 0.751. The van der Waals surface area contributed by atoms with E-state index in [9.17, 15) is 9.18 Å². The molecule has 1 aromatic rings. The molecular formula is C8H10FN3O. The highest BCUT2D eigenvalue weighted by Gasteiger charge is 2.00. The fourth-order valence-corrected chi connectivity index (χ4v) is 0.751. The quantitative estimate of drug-likeness (QED) is 0.587. The van der Waals surface area contributed by atoms with Crippen molar-refractivity contribution in [2.75, 3.05) is 12.0 Å². The first-order valence-corrected chi connectivity index (χ1v) is 3.73. The van der Waals surface area contributed by atoms with Crippen LogP contribution in [0.1, 0.15) is 0 Å². The van der Waals surface area contributed by atoms with Gasteiger partial charge in [-0.1, -0.05) is 12.1 Å². The zero-order valence-electron chi connectivity index (χ0n) is 6.88. The maximum Gasteiger partial charge on any atom is 0.252 e. The second-order valence-electron chi connectivity index (χ2n) is 2.36. The van der Waals surface area contributed by atoms with Crippen molar-refractivity contribution in [1.82, 2.24) is 5.43 Å². The van der Waals surface area contributed by atoms with Crippen molar-refractivity contribution in [3.8, 4) is 0 Å². The Bertz CT molecular complexity index is 303. The molecule has 0 atom stereocenters. The molecule has 4 nitrogen and oxygen atoms in total. The molecule has 0 bridgehead atoms. The molecule has 0 saturated heterocycles. The van der Waals surface area contributed by atoms with Gasteiger partial charge in [0, 0.05) is 0 Å². The minimum atomic E-state index is -0.431. The minimum absolute atomic E-state index is 0.137. The molecule has 0 saturated carbocycles. The molecule has 0 spiro atoms. The highest BCUT2D eigenvalue weighted by molar-refractivity contribution is 5.79. The van der Waals surface area contributed by atoms with Crippen LogP contribution in [0.2, 0.25) is 0 Å². The normalized spacial score (nSPS) is 9.38. The number of para-hydroxylation sites is 1. The Morgan fingerprint density at radius 3 is 2.77 bits per heavy atom. The van der Waals surface area contributed by atoms with Gasteiger partial charge >= 0.3 is 0 Å². The van der Waals surface area contributed by atoms with Crippen LogP contribution in [0, 0.1) is 5.82 Å². The van der Waals surface area contributed by atoms with Gasteiger partial charge in [-0.3, -0.25) is 15.6 Å². The van der Waals surface area contributed by atoms with Crippen molar-refractivity contribution in [3.63, 3.8) is 0 Å². The molecular weight excluding hydrogens is 173 g/mol. The number of hydrogen-bond donors (Lipinski definition) is 3. The largest absolute Gasteiger partial charge is 0.322 e. The molecule has 0 aliphatic carbocycles. The van der Waals surface area contributed by atoms with Gasteiger partial charge in [-0.25, -0.2) is 4.39 Å². The van der Waals surface area contributed by atoms with E-state index >= 15 is 0 Å². The third-order valence-corrected chi connectivity index (χ3v) is 1.40. The summed E-state index contributed by atoms with van der Waals surface area (Å²) >= 11 is 0. The summed E-state index contributed by atoms with van der Waals surface area (Å²) in [5.41, 5.74) is 9.89. The number of nitrogens with two attached hydrogens (primary N) is 1. The molecule has 1 aromatic carbocycles. The zero-order valence-corrected chi connectivity index (χ0v) is 6.88. The van der Waals surface area contributed by atoms with Crippen LogP contribution in [-0.4, -0.2) is 12.5 Å². The minimum Gasteiger partial charge on any atom is -0.322 e. The number of amides is 1. The van der Waals surface area contributed by atoms with Gasteiger partial charge in [0.2, 0.25) is 0 Å². The summed E-state index contributed by atoms with van der Waals surface area (Å²) in [5, 5.41) is 0. The lowest BCUT2D eigenvalue weighted by molar-refractivity contribution is -0.119. The van der Waals surface area contributed by atoms with E-state index in [1.807, 2.05) is 0 Å². The molecule has 0 radical (unpaired) electrons. The highest BCUT2D eigenvalue weighted by atomic mass is 19.1. The molecule has 13 heavy (non-hydrogen) atoms. The molecule has 0 heterocycles. The number of carbonyl (C=O) groups excluding carboxylic acids is 1. The number of carbonyl (C=O) groups is 1. The van der Waals surface area contributed by atoms with Crippen LogP contribution in [0.5, 0.6) is 0 Å². The van der Waals surface area contributed by atoms with Gasteiger partial charge in [0.1, 0.15) is 5.82 Å². The number of nitrogens with one attached hydrogen (secondary N) is 2. The van der Waals surface area contributed by atoms with E-state index in [-0.39, 0.29) is 12.2 Å². The highest BCUT2D eigenvalue weighted by Crippen LogP contribution is 2.10. The molecule has 0 aliphatic rings. The van der Waals surface area contributed by atoms with Gasteiger partial charge in [0.25, 0.3) is 5.91 Å². The van der Waals surface area contributed by atoms with Crippen LogP contribution in [0.4, 0.5) is 10.1 Å². The zero-order chi connectivity index (χ0) is 9.68. The van der Waals surface area contributed by atoms with E-state index in [0.717, 1.165) is 0 Å². The summed E-state index contributed by atoms with van der Waals surface area (Å²) in [6, 6.07) is 6.01. The van der Waals surface area contributed by atoms with Crippen molar-refractivity contribution in [1.29, 1.82) is 0 Å². The third kappa shape index (κ3) is 2.72. The second kappa shape index (κ2) is 4.42. The fraction of sp³-hybridized carbons (Fsp3) is 0.125. The maximum atomic E-state index is 12.9. The Hall–Kier alpha value is -1.62. The number of hydrogen-bond acceptors (Lipinski definition) is 3. The SMILES string of the molecule is NCC(=O)NNc1ccccc1F. The lowest BCUT2D eigenvalue weighted by Crippen LogP contribution is -2.34. The predicted octanol–water partition coefficient (Wildman–Crippen LogP) is 0.227. The van der Waals surface area contributed by atoms with Gasteiger partial charge in [0.15, 0.2) is 0 Å². The number of halogens is 1. The Morgan fingerprint density at radius 1 is 1.46 bits per heavy atom. The number of benzene rings is 1. The number of rotatable bonds is 3. The second-order valence-corrected chi connectivity index (χ2v) is 2.36. The summed E-state index contributed by atoms with van der Waals surface area (Å²) in [6.45, 7) is -0.137. The third-order valence-electron chi connectivity index (χ3n) is 1.40. The Kier molecular flexibility index (Phi) is 3.22. The molecule has 0 unspecified atom stereocenters. The van der Waals surface area contributed by atoms with E-state index in [1.54, 1.807) is 12.1 Å². The lowest BCUT2D eigenvalue weighted by atomic mass is 10.3. The van der Waals surface area contributed by atoms with Crippen molar-refractivity contribution in [3.05, 3.63) is 30.1 Å². The molecule has 5 heteroatoms. The van der Waals surface area contributed by atoms with E-state index in [4.69, 9.17) is 5.73 Å². The Morgan fingerprint density at radius 2 is 2.15 bits per heavy atom. The molecule has 1 amide bonds. The maximum absolute atomic E-state index is 12.9. The topological polar surface area (TPSA) is 67.2 Å². The standard InChI is InChI=1S/C8H10FN3O/c9-6-3-1-2-4-7(6)11-12-8(13)5-10/h1-4,11H,5,10H2,(H,12,13). The number of hydrazine groups is 1. The van der Waals surface area contributed by atoms with Gasteiger partial charge in [0.05, 0.1) is 12.2 Å². The van der Waals surface area contributed by atoms with Crippen molar-refractivity contribution in [2.45, 2.75) is 0 Å². The van der Waals surface area contributed by atoms with Gasteiger partial charge in [-0.2, -0.15) is 0 Å². The van der Waals surface area contributed by atoms with Crippen LogP contribution >= 0.6 is 0 Å². The molecule has 70 valence electrons. The van der Waals surface area contributed by atoms with Crippen molar-refractivity contribution < 1.29 is 9.18 Å². The smallest absolute Gasteiger partial charge is 0.252 e. The van der Waals surface area contributed by atoms with Crippen LogP contribution in [0.15, 0.2) is 24.3 Å². The molecule has 0 fully saturated rings. The summed E-state index contributed by atoms with van der Waals surface area (Å²) in [6.07, 6.45) is 0. The van der Waals surface area contributed by atoms with Gasteiger partial charge in [-0.05, 0) is 12.1 Å². The van der Waals surface area contributed by atoms with E-state index in [0.29, 0.717) is 0 Å². The molecule has 0 aliphatic heterocycles. The Labute approximate surface area is 74.9 Å². The van der Waals surface area contributed by atoms with Gasteiger partial charge in [-0.15, -0.1) is 0 Å². The first-order valence-electron chi connectivity index (χ1n) is 3.73. The summed E-state index contributed by atoms with van der Waals surface area (Å²) in [4.78, 5) is 10.7. The summed E-state index contributed by atoms with van der Waals surface area (Å²) in [5.74, 6) is -0.830. The number of anilines is 1. The first kappa shape index (κ1) is 9.47. The average Bonchev–Trinajstić information content (AvgIpc) is 2.16. The van der Waals surface area contributed by atoms with Crippen LogP contribution in [0.25, 0.3) is 0 Å². The summed E-state index contributed by atoms with van der Waals surface area (Å²) in [7, 11) is 0.